The first-order valence-electron chi connectivity index (χ1n) is 7.42. The molecule has 0 spiro atoms. The first-order chi connectivity index (χ1) is 12.0. The zero-order chi connectivity index (χ0) is 18.3. The van der Waals surface area contributed by atoms with Gasteiger partial charge in [-0.15, -0.1) is 0 Å². The SMILES string of the molecule is CNC(=O)c1ccccc1C#CCNS(=O)(=O)c1ccccc1OC. The Hall–Kier alpha value is -2.82. The number of amides is 1. The van der Waals surface area contributed by atoms with Crippen molar-refractivity contribution in [2.45, 2.75) is 4.90 Å². The summed E-state index contributed by atoms with van der Waals surface area (Å²) in [6.45, 7) is -0.0948. The van der Waals surface area contributed by atoms with Crippen LogP contribution in [0.25, 0.3) is 0 Å². The van der Waals surface area contributed by atoms with Crippen molar-refractivity contribution in [1.29, 1.82) is 0 Å². The molecule has 1 amide bonds. The monoisotopic (exact) mass is 358 g/mol. The van der Waals surface area contributed by atoms with E-state index in [0.29, 0.717) is 11.1 Å². The molecule has 0 aliphatic rings. The molecule has 130 valence electrons. The summed E-state index contributed by atoms with van der Waals surface area (Å²) in [6, 6.07) is 13.2. The van der Waals surface area contributed by atoms with Gasteiger partial charge >= 0.3 is 0 Å². The van der Waals surface area contributed by atoms with Crippen LogP contribution in [-0.4, -0.2) is 35.0 Å². The number of carbonyl (C=O) groups excluding carboxylic acids is 1. The number of para-hydroxylation sites is 1. The summed E-state index contributed by atoms with van der Waals surface area (Å²) in [4.78, 5) is 11.8. The van der Waals surface area contributed by atoms with Crippen LogP contribution < -0.4 is 14.8 Å². The van der Waals surface area contributed by atoms with Crippen LogP contribution in [-0.2, 0) is 10.0 Å². The molecule has 0 unspecified atom stereocenters. The van der Waals surface area contributed by atoms with E-state index < -0.39 is 10.0 Å². The molecule has 0 aliphatic heterocycles. The fourth-order valence-corrected chi connectivity index (χ4v) is 3.21. The maximum Gasteiger partial charge on any atom is 0.252 e. The van der Waals surface area contributed by atoms with Crippen LogP contribution in [0.2, 0.25) is 0 Å². The lowest BCUT2D eigenvalue weighted by molar-refractivity contribution is 0.0963. The van der Waals surface area contributed by atoms with Crippen LogP contribution in [0.4, 0.5) is 0 Å². The Morgan fingerprint density at radius 1 is 1.12 bits per heavy atom. The summed E-state index contributed by atoms with van der Waals surface area (Å²) in [5, 5.41) is 2.54. The molecule has 0 aromatic heterocycles. The highest BCUT2D eigenvalue weighted by Gasteiger charge is 2.17. The molecule has 0 saturated carbocycles. The van der Waals surface area contributed by atoms with Crippen molar-refractivity contribution >= 4 is 15.9 Å². The lowest BCUT2D eigenvalue weighted by Gasteiger charge is -2.08. The van der Waals surface area contributed by atoms with E-state index in [1.54, 1.807) is 42.5 Å². The Kier molecular flexibility index (Phi) is 6.17. The van der Waals surface area contributed by atoms with Crippen molar-refractivity contribution in [3.8, 4) is 17.6 Å². The second-order valence-electron chi connectivity index (χ2n) is 4.90. The lowest BCUT2D eigenvalue weighted by atomic mass is 10.1. The van der Waals surface area contributed by atoms with Crippen molar-refractivity contribution < 1.29 is 17.9 Å². The molecule has 0 fully saturated rings. The van der Waals surface area contributed by atoms with Crippen molar-refractivity contribution in [2.75, 3.05) is 20.7 Å². The standard InChI is InChI=1S/C18H18N2O4S/c1-19-18(21)15-10-4-3-8-14(15)9-7-13-20-25(22,23)17-12-6-5-11-16(17)24-2/h3-6,8,10-12,20H,13H2,1-2H3,(H,19,21). The molecule has 2 aromatic carbocycles. The number of rotatable bonds is 5. The van der Waals surface area contributed by atoms with Gasteiger partial charge in [0.05, 0.1) is 19.2 Å². The molecule has 2 aromatic rings. The second-order valence-corrected chi connectivity index (χ2v) is 6.64. The van der Waals surface area contributed by atoms with Gasteiger partial charge in [-0.1, -0.05) is 36.1 Å². The Labute approximate surface area is 147 Å². The van der Waals surface area contributed by atoms with Crippen LogP contribution in [0, 0.1) is 11.8 Å². The van der Waals surface area contributed by atoms with Gasteiger partial charge in [-0.3, -0.25) is 4.79 Å². The predicted octanol–water partition coefficient (Wildman–Crippen LogP) is 1.38. The maximum atomic E-state index is 12.3. The van der Waals surface area contributed by atoms with E-state index in [1.807, 2.05) is 0 Å². The van der Waals surface area contributed by atoms with Crippen LogP contribution in [0.1, 0.15) is 15.9 Å². The van der Waals surface area contributed by atoms with Gasteiger partial charge in [-0.25, -0.2) is 8.42 Å². The molecule has 7 heteroatoms. The fourth-order valence-electron chi connectivity index (χ4n) is 2.11. The van der Waals surface area contributed by atoms with Crippen molar-refractivity contribution in [3.63, 3.8) is 0 Å². The molecule has 0 aliphatic carbocycles. The number of benzene rings is 2. The first kappa shape index (κ1) is 18.5. The van der Waals surface area contributed by atoms with Crippen molar-refractivity contribution in [2.24, 2.45) is 0 Å². The minimum Gasteiger partial charge on any atom is -0.495 e. The zero-order valence-electron chi connectivity index (χ0n) is 13.9. The summed E-state index contributed by atoms with van der Waals surface area (Å²) in [5.74, 6) is 5.54. The van der Waals surface area contributed by atoms with Crippen LogP contribution in [0.3, 0.4) is 0 Å². The molecule has 2 rings (SSSR count). The summed E-state index contributed by atoms with van der Waals surface area (Å²) >= 11 is 0. The summed E-state index contributed by atoms with van der Waals surface area (Å²) in [7, 11) is -0.803. The molecule has 0 saturated heterocycles. The highest BCUT2D eigenvalue weighted by atomic mass is 32.2. The Bertz CT molecular complexity index is 927. The number of hydrogen-bond acceptors (Lipinski definition) is 4. The molecular formula is C18H18N2O4S. The molecule has 6 nitrogen and oxygen atoms in total. The molecule has 25 heavy (non-hydrogen) atoms. The molecular weight excluding hydrogens is 340 g/mol. The van der Waals surface area contributed by atoms with E-state index in [-0.39, 0.29) is 23.1 Å². The number of nitrogens with one attached hydrogen (secondary N) is 2. The smallest absolute Gasteiger partial charge is 0.252 e. The quantitative estimate of drug-likeness (QED) is 0.791. The molecule has 0 heterocycles. The zero-order valence-corrected chi connectivity index (χ0v) is 14.7. The third-order valence-corrected chi connectivity index (χ3v) is 4.77. The third kappa shape index (κ3) is 4.59. The molecule has 0 atom stereocenters. The van der Waals surface area contributed by atoms with E-state index in [2.05, 4.69) is 21.9 Å². The average molecular weight is 358 g/mol. The predicted molar refractivity (Wildman–Crippen MR) is 94.9 cm³/mol. The van der Waals surface area contributed by atoms with Crippen molar-refractivity contribution in [1.82, 2.24) is 10.0 Å². The van der Waals surface area contributed by atoms with Crippen LogP contribution >= 0.6 is 0 Å². The third-order valence-electron chi connectivity index (χ3n) is 3.33. The lowest BCUT2D eigenvalue weighted by Crippen LogP contribution is -2.24. The van der Waals surface area contributed by atoms with Gasteiger partial charge in [-0.05, 0) is 24.3 Å². The maximum absolute atomic E-state index is 12.3. The Balaban J connectivity index is 2.14. The normalized spacial score (nSPS) is 10.5. The van der Waals surface area contributed by atoms with Gasteiger partial charge in [0.2, 0.25) is 10.0 Å². The topological polar surface area (TPSA) is 84.5 Å². The highest BCUT2D eigenvalue weighted by molar-refractivity contribution is 7.89. The minimum absolute atomic E-state index is 0.0464. The number of carbonyl (C=O) groups is 1. The van der Waals surface area contributed by atoms with Crippen LogP contribution in [0.15, 0.2) is 53.4 Å². The van der Waals surface area contributed by atoms with Gasteiger partial charge in [0.15, 0.2) is 0 Å². The Morgan fingerprint density at radius 3 is 2.52 bits per heavy atom. The van der Waals surface area contributed by atoms with Crippen LogP contribution in [0.5, 0.6) is 5.75 Å². The van der Waals surface area contributed by atoms with E-state index in [1.165, 1.54) is 20.2 Å². The van der Waals surface area contributed by atoms with Gasteiger partial charge in [0, 0.05) is 12.6 Å². The molecule has 2 N–H and O–H groups in total. The van der Waals surface area contributed by atoms with E-state index >= 15 is 0 Å². The Morgan fingerprint density at radius 2 is 1.80 bits per heavy atom. The molecule has 0 radical (unpaired) electrons. The average Bonchev–Trinajstić information content (AvgIpc) is 2.65. The largest absolute Gasteiger partial charge is 0.495 e. The van der Waals surface area contributed by atoms with E-state index in [9.17, 15) is 13.2 Å². The van der Waals surface area contributed by atoms with E-state index in [4.69, 9.17) is 4.74 Å². The van der Waals surface area contributed by atoms with E-state index in [0.717, 1.165) is 0 Å². The second kappa shape index (κ2) is 8.33. The molecule has 0 bridgehead atoms. The summed E-state index contributed by atoms with van der Waals surface area (Å²) in [6.07, 6.45) is 0. The number of ether oxygens (including phenoxy) is 1. The van der Waals surface area contributed by atoms with Gasteiger partial charge in [-0.2, -0.15) is 4.72 Å². The fraction of sp³-hybridized carbons (Fsp3) is 0.167. The van der Waals surface area contributed by atoms with Gasteiger partial charge < -0.3 is 10.1 Å². The number of methoxy groups -OCH3 is 1. The number of sulfonamides is 1. The summed E-state index contributed by atoms with van der Waals surface area (Å²) in [5.41, 5.74) is 0.962. The minimum atomic E-state index is -3.75. The highest BCUT2D eigenvalue weighted by Crippen LogP contribution is 2.22. The number of hydrogen-bond donors (Lipinski definition) is 2. The first-order valence-corrected chi connectivity index (χ1v) is 8.90. The van der Waals surface area contributed by atoms with Crippen molar-refractivity contribution in [3.05, 3.63) is 59.7 Å². The van der Waals surface area contributed by atoms with Gasteiger partial charge in [0.1, 0.15) is 10.6 Å². The van der Waals surface area contributed by atoms with Gasteiger partial charge in [0.25, 0.3) is 5.91 Å². The summed E-state index contributed by atoms with van der Waals surface area (Å²) < 4.78 is 32.1.